The molecule has 0 heterocycles. The van der Waals surface area contributed by atoms with Crippen molar-refractivity contribution in [2.45, 2.75) is 84.0 Å². The molecule has 0 saturated carbocycles. The molecule has 0 saturated heterocycles. The van der Waals surface area contributed by atoms with Crippen molar-refractivity contribution in [3.63, 3.8) is 0 Å². The van der Waals surface area contributed by atoms with Crippen LogP contribution in [0.5, 0.6) is 11.5 Å². The number of hydrogen-bond acceptors (Lipinski definition) is 4. The van der Waals surface area contributed by atoms with Crippen LogP contribution in [0, 0.1) is 0 Å². The number of aryl methyl sites for hydroxylation is 1. The largest absolute Gasteiger partial charge is 0.512 e. The predicted octanol–water partition coefficient (Wildman–Crippen LogP) is 7.38. The Morgan fingerprint density at radius 1 is 0.968 bits per heavy atom. The van der Waals surface area contributed by atoms with Crippen LogP contribution in [0.1, 0.15) is 83.1 Å². The SMILES string of the molecule is CCCCC/C=C\C/C=C\CCCCCC(=O)/C=C(\O)CCc1ccc(O)c(OC)c1. The molecule has 0 radical (unpaired) electrons. The van der Waals surface area contributed by atoms with Crippen LogP contribution >= 0.6 is 0 Å². The molecule has 172 valence electrons. The normalized spacial score (nSPS) is 12.1. The zero-order valence-electron chi connectivity index (χ0n) is 19.3. The summed E-state index contributed by atoms with van der Waals surface area (Å²) in [6.07, 6.45) is 21.8. The van der Waals surface area contributed by atoms with Gasteiger partial charge in [0.2, 0.25) is 0 Å². The van der Waals surface area contributed by atoms with Crippen LogP contribution in [0.4, 0.5) is 0 Å². The predicted molar refractivity (Wildman–Crippen MR) is 129 cm³/mol. The Hall–Kier alpha value is -2.49. The van der Waals surface area contributed by atoms with Gasteiger partial charge in [0.15, 0.2) is 17.3 Å². The molecule has 0 fully saturated rings. The van der Waals surface area contributed by atoms with Crippen LogP contribution in [0.2, 0.25) is 0 Å². The second kappa shape index (κ2) is 17.2. The van der Waals surface area contributed by atoms with Gasteiger partial charge in [0, 0.05) is 18.9 Å². The van der Waals surface area contributed by atoms with E-state index in [1.54, 1.807) is 18.2 Å². The van der Waals surface area contributed by atoms with E-state index in [0.717, 1.165) is 37.7 Å². The smallest absolute Gasteiger partial charge is 0.160 e. The summed E-state index contributed by atoms with van der Waals surface area (Å²) < 4.78 is 5.08. The number of aliphatic hydroxyl groups is 1. The van der Waals surface area contributed by atoms with Crippen molar-refractivity contribution in [3.05, 3.63) is 59.9 Å². The van der Waals surface area contributed by atoms with Gasteiger partial charge in [0.05, 0.1) is 12.9 Å². The van der Waals surface area contributed by atoms with Crippen molar-refractivity contribution in [1.82, 2.24) is 0 Å². The van der Waals surface area contributed by atoms with E-state index in [4.69, 9.17) is 4.74 Å². The van der Waals surface area contributed by atoms with E-state index in [0.29, 0.717) is 25.0 Å². The molecule has 1 rings (SSSR count). The average Bonchev–Trinajstić information content (AvgIpc) is 2.76. The molecule has 1 aromatic rings. The van der Waals surface area contributed by atoms with E-state index in [9.17, 15) is 15.0 Å². The fourth-order valence-electron chi connectivity index (χ4n) is 3.24. The Morgan fingerprint density at radius 3 is 2.35 bits per heavy atom. The Morgan fingerprint density at radius 2 is 1.68 bits per heavy atom. The molecular weight excluding hydrogens is 388 g/mol. The summed E-state index contributed by atoms with van der Waals surface area (Å²) >= 11 is 0. The molecule has 0 aliphatic rings. The number of rotatable bonds is 17. The number of benzene rings is 1. The number of aliphatic hydroxyl groups excluding tert-OH is 1. The number of phenols is 1. The standard InChI is InChI=1S/C27H40O4/c1-3-4-5-6-7-8-9-10-11-12-13-14-15-16-24(28)22-25(29)19-17-23-18-20-26(30)27(21-23)31-2/h7-8,10-11,18,20-22,29-30H,3-6,9,12-17,19H2,1-2H3/b8-7-,11-10-,25-22-. The molecule has 0 aliphatic heterocycles. The van der Waals surface area contributed by atoms with Gasteiger partial charge >= 0.3 is 0 Å². The number of carbonyl (C=O) groups excluding carboxylic acids is 1. The highest BCUT2D eigenvalue weighted by molar-refractivity contribution is 5.89. The Kier molecular flexibility index (Phi) is 14.7. The molecule has 0 aliphatic carbocycles. The fourth-order valence-corrected chi connectivity index (χ4v) is 3.24. The summed E-state index contributed by atoms with van der Waals surface area (Å²) in [5, 5.41) is 19.6. The van der Waals surface area contributed by atoms with E-state index in [1.807, 2.05) is 0 Å². The summed E-state index contributed by atoms with van der Waals surface area (Å²) in [5.74, 6) is 0.573. The second-order valence-corrected chi connectivity index (χ2v) is 7.88. The lowest BCUT2D eigenvalue weighted by Gasteiger charge is -2.06. The third-order valence-corrected chi connectivity index (χ3v) is 5.12. The quantitative estimate of drug-likeness (QED) is 0.118. The van der Waals surface area contributed by atoms with Gasteiger partial charge in [-0.3, -0.25) is 4.79 Å². The molecule has 0 unspecified atom stereocenters. The molecule has 31 heavy (non-hydrogen) atoms. The minimum absolute atomic E-state index is 0.0236. The van der Waals surface area contributed by atoms with Crippen LogP contribution in [-0.4, -0.2) is 23.1 Å². The summed E-state index contributed by atoms with van der Waals surface area (Å²) in [6.45, 7) is 2.22. The van der Waals surface area contributed by atoms with E-state index >= 15 is 0 Å². The molecule has 4 heteroatoms. The molecule has 0 atom stereocenters. The van der Waals surface area contributed by atoms with Crippen molar-refractivity contribution in [3.8, 4) is 11.5 Å². The zero-order valence-corrected chi connectivity index (χ0v) is 19.3. The van der Waals surface area contributed by atoms with Crippen molar-refractivity contribution >= 4 is 5.78 Å². The number of carbonyl (C=O) groups is 1. The number of methoxy groups -OCH3 is 1. The molecule has 4 nitrogen and oxygen atoms in total. The van der Waals surface area contributed by atoms with Crippen molar-refractivity contribution in [2.24, 2.45) is 0 Å². The van der Waals surface area contributed by atoms with Crippen LogP contribution < -0.4 is 4.74 Å². The van der Waals surface area contributed by atoms with Crippen molar-refractivity contribution in [2.75, 3.05) is 7.11 Å². The van der Waals surface area contributed by atoms with Crippen LogP contribution in [0.15, 0.2) is 54.3 Å². The second-order valence-electron chi connectivity index (χ2n) is 7.88. The maximum Gasteiger partial charge on any atom is 0.160 e. The Balaban J connectivity index is 2.12. The van der Waals surface area contributed by atoms with Gasteiger partial charge in [-0.15, -0.1) is 0 Å². The first-order chi connectivity index (χ1) is 15.1. The maximum absolute atomic E-state index is 12.0. The Bertz CT molecular complexity index is 716. The summed E-state index contributed by atoms with van der Waals surface area (Å²) in [5.41, 5.74) is 0.932. The molecule has 0 amide bonds. The van der Waals surface area contributed by atoms with Crippen LogP contribution in [-0.2, 0) is 11.2 Å². The number of allylic oxidation sites excluding steroid dienone is 6. The number of ketones is 1. The van der Waals surface area contributed by atoms with E-state index in [-0.39, 0.29) is 17.3 Å². The van der Waals surface area contributed by atoms with E-state index < -0.39 is 0 Å². The lowest BCUT2D eigenvalue weighted by molar-refractivity contribution is -0.114. The third kappa shape index (κ3) is 13.4. The van der Waals surface area contributed by atoms with Crippen LogP contribution in [0.25, 0.3) is 0 Å². The van der Waals surface area contributed by atoms with E-state index in [1.165, 1.54) is 38.9 Å². The van der Waals surface area contributed by atoms with Crippen molar-refractivity contribution < 1.29 is 19.7 Å². The van der Waals surface area contributed by atoms with E-state index in [2.05, 4.69) is 31.2 Å². The number of unbranched alkanes of at least 4 members (excludes halogenated alkanes) is 6. The molecule has 0 spiro atoms. The highest BCUT2D eigenvalue weighted by atomic mass is 16.5. The highest BCUT2D eigenvalue weighted by Crippen LogP contribution is 2.27. The minimum atomic E-state index is -0.0236. The van der Waals surface area contributed by atoms with Gasteiger partial charge in [-0.2, -0.15) is 0 Å². The number of hydrogen-bond donors (Lipinski definition) is 2. The topological polar surface area (TPSA) is 66.8 Å². The molecule has 1 aromatic carbocycles. The molecule has 0 aromatic heterocycles. The van der Waals surface area contributed by atoms with Gasteiger partial charge in [-0.25, -0.2) is 0 Å². The number of aromatic hydroxyl groups is 1. The first-order valence-corrected chi connectivity index (χ1v) is 11.6. The van der Waals surface area contributed by atoms with Gasteiger partial charge in [-0.05, 0) is 62.6 Å². The minimum Gasteiger partial charge on any atom is -0.512 e. The lowest BCUT2D eigenvalue weighted by Crippen LogP contribution is -1.97. The third-order valence-electron chi connectivity index (χ3n) is 5.12. The first-order valence-electron chi connectivity index (χ1n) is 11.6. The van der Waals surface area contributed by atoms with Crippen molar-refractivity contribution in [1.29, 1.82) is 0 Å². The van der Waals surface area contributed by atoms with Crippen LogP contribution in [0.3, 0.4) is 0 Å². The number of phenolic OH excluding ortho intramolecular Hbond substituents is 1. The van der Waals surface area contributed by atoms with Gasteiger partial charge in [0.25, 0.3) is 0 Å². The fraction of sp³-hybridized carbons (Fsp3) is 0.519. The van der Waals surface area contributed by atoms with Gasteiger partial charge in [0.1, 0.15) is 0 Å². The summed E-state index contributed by atoms with van der Waals surface area (Å²) in [6, 6.07) is 5.09. The molecule has 2 N–H and O–H groups in total. The monoisotopic (exact) mass is 428 g/mol. The highest BCUT2D eigenvalue weighted by Gasteiger charge is 2.05. The summed E-state index contributed by atoms with van der Waals surface area (Å²) in [4.78, 5) is 12.0. The molecular formula is C27H40O4. The van der Waals surface area contributed by atoms with Gasteiger partial charge < -0.3 is 14.9 Å². The first kappa shape index (κ1) is 26.5. The molecule has 0 bridgehead atoms. The lowest BCUT2D eigenvalue weighted by atomic mass is 10.1. The average molecular weight is 429 g/mol. The summed E-state index contributed by atoms with van der Waals surface area (Å²) in [7, 11) is 1.50. The zero-order chi connectivity index (χ0) is 22.7. The van der Waals surface area contributed by atoms with Gasteiger partial charge in [-0.1, -0.05) is 56.6 Å². The maximum atomic E-state index is 12.0. The number of ether oxygens (including phenoxy) is 1. The Labute approximate surface area is 188 Å².